The maximum Gasteiger partial charge on any atom is 0.244 e. The lowest BCUT2D eigenvalue weighted by atomic mass is 10.1. The van der Waals surface area contributed by atoms with Gasteiger partial charge in [-0.15, -0.1) is 0 Å². The summed E-state index contributed by atoms with van der Waals surface area (Å²) in [5.74, 6) is 0.854. The Balaban J connectivity index is 1.69. The molecule has 2 aromatic rings. The molecule has 0 bridgehead atoms. The first-order chi connectivity index (χ1) is 13.0. The van der Waals surface area contributed by atoms with Crippen molar-refractivity contribution >= 4 is 10.0 Å². The summed E-state index contributed by atoms with van der Waals surface area (Å²) < 4.78 is 38.7. The molecule has 1 saturated heterocycles. The largest absolute Gasteiger partial charge is 0.495 e. The van der Waals surface area contributed by atoms with Crippen LogP contribution in [0.15, 0.2) is 33.7 Å². The molecule has 7 nitrogen and oxygen atoms in total. The van der Waals surface area contributed by atoms with Crippen molar-refractivity contribution in [1.82, 2.24) is 14.8 Å². The van der Waals surface area contributed by atoms with E-state index in [2.05, 4.69) is 14.8 Å². The van der Waals surface area contributed by atoms with E-state index >= 15 is 0 Å². The van der Waals surface area contributed by atoms with Gasteiger partial charge < -0.3 is 14.2 Å². The van der Waals surface area contributed by atoms with Crippen molar-refractivity contribution in [3.63, 3.8) is 0 Å². The van der Waals surface area contributed by atoms with Gasteiger partial charge in [0.05, 0.1) is 12.8 Å². The number of nitrogens with zero attached hydrogens (tertiary/aromatic N) is 2. The zero-order chi connectivity index (χ0) is 19.3. The SMILES string of the molecule is COc1cc(-c2cc(C)no2)ccc1S(=O)(=O)NCCN1CCCCCC1. The average molecular weight is 394 g/mol. The molecule has 0 aliphatic carbocycles. The minimum atomic E-state index is -3.65. The zero-order valence-electron chi connectivity index (χ0n) is 15.9. The first kappa shape index (κ1) is 19.9. The minimum Gasteiger partial charge on any atom is -0.495 e. The molecular formula is C19H27N3O4S. The summed E-state index contributed by atoms with van der Waals surface area (Å²) in [6, 6.07) is 6.69. The van der Waals surface area contributed by atoms with E-state index in [0.29, 0.717) is 12.3 Å². The number of hydrogen-bond acceptors (Lipinski definition) is 6. The van der Waals surface area contributed by atoms with Crippen LogP contribution < -0.4 is 9.46 Å². The van der Waals surface area contributed by atoms with Crippen molar-refractivity contribution in [2.75, 3.05) is 33.3 Å². The lowest BCUT2D eigenvalue weighted by molar-refractivity contribution is 0.290. The molecular weight excluding hydrogens is 366 g/mol. The normalized spacial score (nSPS) is 16.2. The van der Waals surface area contributed by atoms with Crippen molar-refractivity contribution in [2.45, 2.75) is 37.5 Å². The van der Waals surface area contributed by atoms with Crippen LogP contribution in [0, 0.1) is 6.92 Å². The Hall–Kier alpha value is -1.90. The van der Waals surface area contributed by atoms with E-state index in [1.54, 1.807) is 24.3 Å². The highest BCUT2D eigenvalue weighted by atomic mass is 32.2. The summed E-state index contributed by atoms with van der Waals surface area (Å²) in [4.78, 5) is 2.45. The monoisotopic (exact) mass is 393 g/mol. The Morgan fingerprint density at radius 2 is 1.93 bits per heavy atom. The van der Waals surface area contributed by atoms with Crippen LogP contribution in [-0.2, 0) is 10.0 Å². The number of aryl methyl sites for hydroxylation is 1. The molecule has 8 heteroatoms. The topological polar surface area (TPSA) is 84.7 Å². The Morgan fingerprint density at radius 3 is 2.56 bits per heavy atom. The van der Waals surface area contributed by atoms with E-state index in [9.17, 15) is 8.42 Å². The molecule has 1 aliphatic rings. The molecule has 1 aromatic carbocycles. The van der Waals surface area contributed by atoms with Crippen molar-refractivity contribution < 1.29 is 17.7 Å². The summed E-state index contributed by atoms with van der Waals surface area (Å²) >= 11 is 0. The van der Waals surface area contributed by atoms with Gasteiger partial charge in [0.2, 0.25) is 10.0 Å². The Kier molecular flexibility index (Phi) is 6.51. The summed E-state index contributed by atoms with van der Waals surface area (Å²) in [6.45, 7) is 5.01. The number of ether oxygens (including phenoxy) is 1. The summed E-state index contributed by atoms with van der Waals surface area (Å²) in [5, 5.41) is 3.86. The molecule has 0 spiro atoms. The van der Waals surface area contributed by atoms with Crippen molar-refractivity contribution in [1.29, 1.82) is 0 Å². The first-order valence-electron chi connectivity index (χ1n) is 9.33. The van der Waals surface area contributed by atoms with Gasteiger partial charge in [0.15, 0.2) is 5.76 Å². The number of rotatable bonds is 7. The van der Waals surface area contributed by atoms with Gasteiger partial charge in [-0.25, -0.2) is 13.1 Å². The summed E-state index contributed by atoms with van der Waals surface area (Å²) in [5.41, 5.74) is 1.48. The lowest BCUT2D eigenvalue weighted by Crippen LogP contribution is -2.35. The summed E-state index contributed by atoms with van der Waals surface area (Å²) in [6.07, 6.45) is 4.89. The predicted molar refractivity (Wildman–Crippen MR) is 103 cm³/mol. The van der Waals surface area contributed by atoms with Gasteiger partial charge in [-0.2, -0.15) is 0 Å². The second kappa shape index (κ2) is 8.86. The van der Waals surface area contributed by atoms with E-state index in [1.165, 1.54) is 32.8 Å². The smallest absolute Gasteiger partial charge is 0.244 e. The molecule has 1 aliphatic heterocycles. The van der Waals surface area contributed by atoms with Crippen molar-refractivity contribution in [2.24, 2.45) is 0 Å². The second-order valence-electron chi connectivity index (χ2n) is 6.85. The minimum absolute atomic E-state index is 0.126. The third-order valence-electron chi connectivity index (χ3n) is 4.78. The lowest BCUT2D eigenvalue weighted by Gasteiger charge is -2.20. The van der Waals surface area contributed by atoms with Crippen LogP contribution >= 0.6 is 0 Å². The molecule has 1 aromatic heterocycles. The third-order valence-corrected chi connectivity index (χ3v) is 6.28. The molecule has 0 atom stereocenters. The van der Waals surface area contributed by atoms with E-state index < -0.39 is 10.0 Å². The van der Waals surface area contributed by atoms with Gasteiger partial charge >= 0.3 is 0 Å². The fraction of sp³-hybridized carbons (Fsp3) is 0.526. The standard InChI is InChI=1S/C19H27N3O4S/c1-15-13-17(26-21-15)16-7-8-19(18(14-16)25-2)27(23,24)20-9-12-22-10-5-3-4-6-11-22/h7-8,13-14,20H,3-6,9-12H2,1-2H3. The van der Waals surface area contributed by atoms with Gasteiger partial charge in [-0.3, -0.25) is 0 Å². The zero-order valence-corrected chi connectivity index (χ0v) is 16.7. The molecule has 0 saturated carbocycles. The van der Waals surface area contributed by atoms with Crippen LogP contribution in [0.2, 0.25) is 0 Å². The Labute approximate surface area is 160 Å². The Morgan fingerprint density at radius 1 is 1.19 bits per heavy atom. The molecule has 0 unspecified atom stereocenters. The van der Waals surface area contributed by atoms with E-state index in [1.807, 2.05) is 6.92 Å². The predicted octanol–water partition coefficient (Wildman–Crippen LogP) is 2.81. The van der Waals surface area contributed by atoms with E-state index in [4.69, 9.17) is 9.26 Å². The van der Waals surface area contributed by atoms with Crippen LogP contribution in [0.1, 0.15) is 31.4 Å². The molecule has 0 amide bonds. The molecule has 1 fully saturated rings. The number of methoxy groups -OCH3 is 1. The first-order valence-corrected chi connectivity index (χ1v) is 10.8. The number of sulfonamides is 1. The maximum atomic E-state index is 12.7. The average Bonchev–Trinajstić information content (AvgIpc) is 2.92. The van der Waals surface area contributed by atoms with Crippen LogP contribution in [-0.4, -0.2) is 51.8 Å². The fourth-order valence-electron chi connectivity index (χ4n) is 3.32. The second-order valence-corrected chi connectivity index (χ2v) is 8.59. The highest BCUT2D eigenvalue weighted by Gasteiger charge is 2.21. The van der Waals surface area contributed by atoms with Crippen LogP contribution in [0.3, 0.4) is 0 Å². The maximum absolute atomic E-state index is 12.7. The fourth-order valence-corrected chi connectivity index (χ4v) is 4.49. The van der Waals surface area contributed by atoms with Gasteiger partial charge in [0.25, 0.3) is 0 Å². The molecule has 148 valence electrons. The highest BCUT2D eigenvalue weighted by molar-refractivity contribution is 7.89. The number of likely N-dealkylation sites (tertiary alicyclic amines) is 1. The molecule has 2 heterocycles. The van der Waals surface area contributed by atoms with Gasteiger partial charge in [-0.1, -0.05) is 18.0 Å². The highest BCUT2D eigenvalue weighted by Crippen LogP contribution is 2.30. The van der Waals surface area contributed by atoms with Gasteiger partial charge in [-0.05, 0) is 51.1 Å². The van der Waals surface area contributed by atoms with Crippen LogP contribution in [0.25, 0.3) is 11.3 Å². The van der Waals surface area contributed by atoms with Crippen molar-refractivity contribution in [3.8, 4) is 17.1 Å². The molecule has 3 rings (SSSR count). The number of hydrogen-bond donors (Lipinski definition) is 1. The van der Waals surface area contributed by atoms with E-state index in [0.717, 1.165) is 30.9 Å². The number of benzene rings is 1. The summed E-state index contributed by atoms with van der Waals surface area (Å²) in [7, 11) is -2.20. The van der Waals surface area contributed by atoms with Gasteiger partial charge in [0, 0.05) is 24.7 Å². The number of nitrogens with one attached hydrogen (secondary N) is 1. The molecule has 1 N–H and O–H groups in total. The number of aromatic nitrogens is 1. The Bertz CT molecular complexity index is 856. The molecule has 27 heavy (non-hydrogen) atoms. The van der Waals surface area contributed by atoms with Crippen LogP contribution in [0.4, 0.5) is 0 Å². The molecule has 0 radical (unpaired) electrons. The van der Waals surface area contributed by atoms with Gasteiger partial charge in [0.1, 0.15) is 10.6 Å². The van der Waals surface area contributed by atoms with E-state index in [-0.39, 0.29) is 10.6 Å². The third kappa shape index (κ3) is 5.09. The quantitative estimate of drug-likeness (QED) is 0.779. The van der Waals surface area contributed by atoms with Crippen molar-refractivity contribution in [3.05, 3.63) is 30.0 Å². The van der Waals surface area contributed by atoms with Crippen LogP contribution in [0.5, 0.6) is 5.75 Å².